The van der Waals surface area contributed by atoms with Crippen molar-refractivity contribution in [1.82, 2.24) is 10.6 Å². The minimum Gasteiger partial charge on any atom is -0.493 e. The Balaban J connectivity index is 0.00000256. The summed E-state index contributed by atoms with van der Waals surface area (Å²) in [7, 11) is 0. The maximum atomic E-state index is 5.86. The van der Waals surface area contributed by atoms with Crippen LogP contribution in [0.5, 0.6) is 5.75 Å². The summed E-state index contributed by atoms with van der Waals surface area (Å²) in [4.78, 5) is 4.80. The number of halogens is 1. The maximum absolute atomic E-state index is 5.86. The molecule has 0 spiro atoms. The van der Waals surface area contributed by atoms with Gasteiger partial charge in [0.2, 0.25) is 0 Å². The molecule has 2 atom stereocenters. The molecule has 1 aliphatic rings. The van der Waals surface area contributed by atoms with Crippen LogP contribution in [0.4, 0.5) is 0 Å². The Morgan fingerprint density at radius 2 is 1.87 bits per heavy atom. The topological polar surface area (TPSA) is 58.8 Å². The van der Waals surface area contributed by atoms with Crippen molar-refractivity contribution >= 4 is 29.9 Å². The summed E-state index contributed by atoms with van der Waals surface area (Å²) < 4.78 is 11.3. The van der Waals surface area contributed by atoms with Crippen LogP contribution >= 0.6 is 24.0 Å². The molecule has 0 saturated carbocycles. The Bertz CT molecular complexity index is 929. The molecule has 0 radical (unpaired) electrons. The molecule has 2 aromatic carbocycles. The Morgan fingerprint density at radius 3 is 2.67 bits per heavy atom. The van der Waals surface area contributed by atoms with Gasteiger partial charge in [0.05, 0.1) is 19.4 Å². The zero-order chi connectivity index (χ0) is 19.9. The Kier molecular flexibility index (Phi) is 8.19. The third-order valence-electron chi connectivity index (χ3n) is 5.21. The van der Waals surface area contributed by atoms with Crippen molar-refractivity contribution in [2.45, 2.75) is 31.8 Å². The number of rotatable bonds is 7. The predicted octanol–water partition coefficient (Wildman–Crippen LogP) is 4.74. The van der Waals surface area contributed by atoms with E-state index >= 15 is 0 Å². The van der Waals surface area contributed by atoms with Crippen LogP contribution in [0.25, 0.3) is 0 Å². The van der Waals surface area contributed by atoms with Gasteiger partial charge in [0.25, 0.3) is 0 Å². The van der Waals surface area contributed by atoms with Crippen LogP contribution in [-0.4, -0.2) is 25.2 Å². The highest BCUT2D eigenvalue weighted by Gasteiger charge is 2.29. The van der Waals surface area contributed by atoms with Crippen LogP contribution in [-0.2, 0) is 13.0 Å². The first kappa shape index (κ1) is 22.2. The molecule has 158 valence electrons. The van der Waals surface area contributed by atoms with E-state index in [1.54, 1.807) is 6.26 Å². The molecule has 1 aromatic heterocycles. The van der Waals surface area contributed by atoms with Gasteiger partial charge in [-0.05, 0) is 30.7 Å². The molecule has 1 aliphatic heterocycles. The molecule has 2 unspecified atom stereocenters. The van der Waals surface area contributed by atoms with E-state index in [0.717, 1.165) is 30.4 Å². The SMILES string of the molecule is CC(NC(=NCc1ccccc1)NCCc1ccco1)C1COc2ccccc21.I. The van der Waals surface area contributed by atoms with Crippen molar-refractivity contribution < 1.29 is 9.15 Å². The number of para-hydroxylation sites is 1. The number of nitrogens with one attached hydrogen (secondary N) is 2. The van der Waals surface area contributed by atoms with E-state index in [1.807, 2.05) is 42.5 Å². The molecule has 5 nitrogen and oxygen atoms in total. The van der Waals surface area contributed by atoms with E-state index in [0.29, 0.717) is 19.1 Å². The summed E-state index contributed by atoms with van der Waals surface area (Å²) in [6.07, 6.45) is 2.51. The molecular formula is C24H28IN3O2. The molecule has 0 bridgehead atoms. The molecule has 4 rings (SSSR count). The molecule has 2 N–H and O–H groups in total. The lowest BCUT2D eigenvalue weighted by molar-refractivity contribution is 0.312. The van der Waals surface area contributed by atoms with Gasteiger partial charge in [0.1, 0.15) is 11.5 Å². The van der Waals surface area contributed by atoms with Crippen molar-refractivity contribution in [1.29, 1.82) is 0 Å². The minimum atomic E-state index is 0. The summed E-state index contributed by atoms with van der Waals surface area (Å²) in [6, 6.07) is 22.6. The highest BCUT2D eigenvalue weighted by atomic mass is 127. The van der Waals surface area contributed by atoms with Gasteiger partial charge in [-0.2, -0.15) is 0 Å². The molecule has 0 amide bonds. The largest absolute Gasteiger partial charge is 0.493 e. The highest BCUT2D eigenvalue weighted by molar-refractivity contribution is 14.0. The number of benzene rings is 2. The maximum Gasteiger partial charge on any atom is 0.191 e. The van der Waals surface area contributed by atoms with Gasteiger partial charge >= 0.3 is 0 Å². The highest BCUT2D eigenvalue weighted by Crippen LogP contribution is 2.35. The first-order chi connectivity index (χ1) is 14.3. The van der Waals surface area contributed by atoms with Crippen molar-refractivity contribution in [3.8, 4) is 5.75 Å². The zero-order valence-corrected chi connectivity index (χ0v) is 19.4. The van der Waals surface area contributed by atoms with E-state index in [-0.39, 0.29) is 30.0 Å². The monoisotopic (exact) mass is 517 g/mol. The van der Waals surface area contributed by atoms with Crippen molar-refractivity contribution in [2.24, 2.45) is 4.99 Å². The van der Waals surface area contributed by atoms with Gasteiger partial charge < -0.3 is 19.8 Å². The normalized spacial score (nSPS) is 16.2. The molecule has 30 heavy (non-hydrogen) atoms. The number of guanidine groups is 1. The lowest BCUT2D eigenvalue weighted by Crippen LogP contribution is -2.45. The van der Waals surface area contributed by atoms with Crippen molar-refractivity contribution in [3.63, 3.8) is 0 Å². The minimum absolute atomic E-state index is 0. The van der Waals surface area contributed by atoms with Crippen LogP contribution in [0.3, 0.4) is 0 Å². The Morgan fingerprint density at radius 1 is 1.07 bits per heavy atom. The van der Waals surface area contributed by atoms with Crippen LogP contribution in [0.1, 0.15) is 29.7 Å². The average Bonchev–Trinajstić information content (AvgIpc) is 3.42. The molecule has 2 heterocycles. The number of hydrogen-bond donors (Lipinski definition) is 2. The second-order valence-electron chi connectivity index (χ2n) is 7.29. The van der Waals surface area contributed by atoms with Gasteiger partial charge in [-0.15, -0.1) is 24.0 Å². The van der Waals surface area contributed by atoms with E-state index < -0.39 is 0 Å². The number of ether oxygens (including phenoxy) is 1. The van der Waals surface area contributed by atoms with Crippen LogP contribution in [0.2, 0.25) is 0 Å². The number of fused-ring (bicyclic) bond motifs is 1. The first-order valence-electron chi connectivity index (χ1n) is 10.1. The number of aliphatic imine (C=N–C) groups is 1. The third kappa shape index (κ3) is 5.78. The molecular weight excluding hydrogens is 489 g/mol. The fourth-order valence-corrected chi connectivity index (χ4v) is 3.58. The van der Waals surface area contributed by atoms with E-state index in [4.69, 9.17) is 14.1 Å². The Labute approximate surface area is 195 Å². The summed E-state index contributed by atoms with van der Waals surface area (Å²) in [5, 5.41) is 7.02. The van der Waals surface area contributed by atoms with Crippen molar-refractivity contribution in [2.75, 3.05) is 13.2 Å². The van der Waals surface area contributed by atoms with E-state index in [1.165, 1.54) is 11.1 Å². The lowest BCUT2D eigenvalue weighted by atomic mass is 9.94. The number of hydrogen-bond acceptors (Lipinski definition) is 3. The molecule has 3 aromatic rings. The summed E-state index contributed by atoms with van der Waals surface area (Å²) in [5.41, 5.74) is 2.44. The van der Waals surface area contributed by atoms with Gasteiger partial charge in [0.15, 0.2) is 5.96 Å². The number of nitrogens with zero attached hydrogens (tertiary/aromatic N) is 1. The zero-order valence-electron chi connectivity index (χ0n) is 17.1. The molecule has 0 saturated heterocycles. The average molecular weight is 517 g/mol. The molecule has 0 fully saturated rings. The van der Waals surface area contributed by atoms with Crippen LogP contribution in [0.15, 0.2) is 82.4 Å². The summed E-state index contributed by atoms with van der Waals surface area (Å²) in [5.74, 6) is 3.04. The standard InChI is InChI=1S/C24H27N3O2.HI/c1-18(22-17-29-23-12-6-5-11-21(22)23)27-24(25-14-13-20-10-7-15-28-20)26-16-19-8-3-2-4-9-19;/h2-12,15,18,22H,13-14,16-17H2,1H3,(H2,25,26,27);1H. The third-order valence-corrected chi connectivity index (χ3v) is 5.21. The van der Waals surface area contributed by atoms with E-state index in [9.17, 15) is 0 Å². The van der Waals surface area contributed by atoms with Crippen LogP contribution < -0.4 is 15.4 Å². The second-order valence-corrected chi connectivity index (χ2v) is 7.29. The van der Waals surface area contributed by atoms with Gasteiger partial charge in [-0.1, -0.05) is 48.5 Å². The smallest absolute Gasteiger partial charge is 0.191 e. The quantitative estimate of drug-likeness (QED) is 0.270. The molecule has 0 aliphatic carbocycles. The van der Waals surface area contributed by atoms with Gasteiger partial charge in [-0.3, -0.25) is 0 Å². The Hall–Kier alpha value is -2.48. The van der Waals surface area contributed by atoms with Crippen molar-refractivity contribution in [3.05, 3.63) is 89.9 Å². The summed E-state index contributed by atoms with van der Waals surface area (Å²) >= 11 is 0. The number of furan rings is 1. The van der Waals surface area contributed by atoms with E-state index in [2.05, 4.69) is 41.8 Å². The second kappa shape index (κ2) is 11.1. The first-order valence-corrected chi connectivity index (χ1v) is 10.1. The predicted molar refractivity (Wildman–Crippen MR) is 131 cm³/mol. The molecule has 6 heteroatoms. The lowest BCUT2D eigenvalue weighted by Gasteiger charge is -2.23. The van der Waals surface area contributed by atoms with Gasteiger partial charge in [0, 0.05) is 30.5 Å². The summed E-state index contributed by atoms with van der Waals surface area (Å²) in [6.45, 7) is 4.24. The van der Waals surface area contributed by atoms with Crippen LogP contribution in [0, 0.1) is 0 Å². The fraction of sp³-hybridized carbons (Fsp3) is 0.292. The van der Waals surface area contributed by atoms with Gasteiger partial charge in [-0.25, -0.2) is 4.99 Å². The fourth-order valence-electron chi connectivity index (χ4n) is 3.58.